The van der Waals surface area contributed by atoms with E-state index in [0.717, 1.165) is 19.4 Å². The molecule has 1 aliphatic heterocycles. The quantitative estimate of drug-likeness (QED) is 0.728. The van der Waals surface area contributed by atoms with Gasteiger partial charge in [0.05, 0.1) is 25.1 Å². The summed E-state index contributed by atoms with van der Waals surface area (Å²) < 4.78 is 5.15. The predicted molar refractivity (Wildman–Crippen MR) is 59.8 cm³/mol. The Morgan fingerprint density at radius 2 is 2.50 bits per heavy atom. The van der Waals surface area contributed by atoms with Crippen molar-refractivity contribution < 1.29 is 9.53 Å². The molecule has 0 radical (unpaired) electrons. The maximum atomic E-state index is 11.7. The third kappa shape index (κ3) is 3.70. The first-order chi connectivity index (χ1) is 7.79. The second-order valence-corrected chi connectivity index (χ2v) is 3.88. The fourth-order valence-electron chi connectivity index (χ4n) is 1.68. The normalized spacial score (nSPS) is 20.2. The number of nitrogens with zero attached hydrogens (tertiary/aromatic N) is 2. The van der Waals surface area contributed by atoms with Gasteiger partial charge in [0.25, 0.3) is 0 Å². The SMILES string of the molecule is CCCCOC(=O)N1CCNC[C@@H]1CC#N. The van der Waals surface area contributed by atoms with Gasteiger partial charge in [0, 0.05) is 19.6 Å². The Bertz CT molecular complexity index is 262. The first-order valence-corrected chi connectivity index (χ1v) is 5.80. The summed E-state index contributed by atoms with van der Waals surface area (Å²) in [6.07, 6.45) is 1.97. The molecule has 0 unspecified atom stereocenters. The number of piperazine rings is 1. The van der Waals surface area contributed by atoms with Crippen molar-refractivity contribution >= 4 is 6.09 Å². The van der Waals surface area contributed by atoms with Crippen LogP contribution in [-0.4, -0.2) is 43.3 Å². The first-order valence-electron chi connectivity index (χ1n) is 5.80. The third-order valence-electron chi connectivity index (χ3n) is 2.64. The maximum absolute atomic E-state index is 11.7. The monoisotopic (exact) mass is 225 g/mol. The second-order valence-electron chi connectivity index (χ2n) is 3.88. The van der Waals surface area contributed by atoms with Gasteiger partial charge in [0.1, 0.15) is 0 Å². The van der Waals surface area contributed by atoms with E-state index >= 15 is 0 Å². The van der Waals surface area contributed by atoms with Crippen LogP contribution in [0.4, 0.5) is 4.79 Å². The molecule has 90 valence electrons. The molecule has 1 amide bonds. The third-order valence-corrected chi connectivity index (χ3v) is 2.64. The molecule has 16 heavy (non-hydrogen) atoms. The lowest BCUT2D eigenvalue weighted by Crippen LogP contribution is -2.53. The van der Waals surface area contributed by atoms with E-state index in [9.17, 15) is 4.79 Å². The van der Waals surface area contributed by atoms with Crippen molar-refractivity contribution in [2.45, 2.75) is 32.2 Å². The van der Waals surface area contributed by atoms with Crippen molar-refractivity contribution in [1.29, 1.82) is 5.26 Å². The lowest BCUT2D eigenvalue weighted by molar-refractivity contribution is 0.0774. The molecule has 0 saturated carbocycles. The minimum atomic E-state index is -0.282. The van der Waals surface area contributed by atoms with Crippen LogP contribution >= 0.6 is 0 Å². The maximum Gasteiger partial charge on any atom is 0.410 e. The first kappa shape index (κ1) is 12.8. The number of nitrogens with one attached hydrogen (secondary N) is 1. The highest BCUT2D eigenvalue weighted by Crippen LogP contribution is 2.09. The number of hydrogen-bond acceptors (Lipinski definition) is 4. The number of nitriles is 1. The standard InChI is InChI=1S/C11H19N3O2/c1-2-3-8-16-11(15)14-7-6-13-9-10(14)4-5-12/h10,13H,2-4,6-9H2,1H3/t10-/m0/s1. The molecule has 1 aliphatic rings. The average Bonchev–Trinajstić information content (AvgIpc) is 2.30. The van der Waals surface area contributed by atoms with E-state index in [1.54, 1.807) is 4.90 Å². The van der Waals surface area contributed by atoms with Crippen molar-refractivity contribution in [3.63, 3.8) is 0 Å². The van der Waals surface area contributed by atoms with Crippen LogP contribution in [0, 0.1) is 11.3 Å². The zero-order valence-electron chi connectivity index (χ0n) is 9.74. The lowest BCUT2D eigenvalue weighted by Gasteiger charge is -2.34. The van der Waals surface area contributed by atoms with Gasteiger partial charge < -0.3 is 15.0 Å². The van der Waals surface area contributed by atoms with Crippen molar-refractivity contribution in [1.82, 2.24) is 10.2 Å². The van der Waals surface area contributed by atoms with Gasteiger partial charge in [-0.1, -0.05) is 13.3 Å². The molecule has 1 fully saturated rings. The molecule has 1 N–H and O–H groups in total. The highest BCUT2D eigenvalue weighted by molar-refractivity contribution is 5.68. The van der Waals surface area contributed by atoms with Crippen molar-refractivity contribution in [2.24, 2.45) is 0 Å². The largest absolute Gasteiger partial charge is 0.449 e. The average molecular weight is 225 g/mol. The van der Waals surface area contributed by atoms with E-state index in [4.69, 9.17) is 10.00 Å². The summed E-state index contributed by atoms with van der Waals surface area (Å²) in [5.74, 6) is 0. The summed E-state index contributed by atoms with van der Waals surface area (Å²) in [4.78, 5) is 13.4. The van der Waals surface area contributed by atoms with Crippen molar-refractivity contribution in [3.05, 3.63) is 0 Å². The Labute approximate surface area is 96.4 Å². The molecule has 0 bridgehead atoms. The van der Waals surface area contributed by atoms with E-state index < -0.39 is 0 Å². The fourth-order valence-corrected chi connectivity index (χ4v) is 1.68. The van der Waals surface area contributed by atoms with E-state index in [-0.39, 0.29) is 12.1 Å². The number of ether oxygens (including phenoxy) is 1. The van der Waals surface area contributed by atoms with E-state index in [1.165, 1.54) is 0 Å². The second kappa shape index (κ2) is 7.07. The van der Waals surface area contributed by atoms with Crippen LogP contribution in [0.15, 0.2) is 0 Å². The van der Waals surface area contributed by atoms with Crippen LogP contribution in [0.25, 0.3) is 0 Å². The van der Waals surface area contributed by atoms with E-state index in [0.29, 0.717) is 26.1 Å². The zero-order valence-corrected chi connectivity index (χ0v) is 9.74. The van der Waals surface area contributed by atoms with Crippen LogP contribution < -0.4 is 5.32 Å². The molecule has 1 saturated heterocycles. The van der Waals surface area contributed by atoms with Crippen LogP contribution in [0.5, 0.6) is 0 Å². The summed E-state index contributed by atoms with van der Waals surface area (Å²) in [6.45, 7) is 4.59. The smallest absolute Gasteiger partial charge is 0.410 e. The predicted octanol–water partition coefficient (Wildman–Crippen LogP) is 1.11. The van der Waals surface area contributed by atoms with Gasteiger partial charge in [-0.2, -0.15) is 5.26 Å². The molecule has 0 aliphatic carbocycles. The van der Waals surface area contributed by atoms with Gasteiger partial charge in [-0.05, 0) is 6.42 Å². The van der Waals surface area contributed by atoms with Gasteiger partial charge in [-0.25, -0.2) is 4.79 Å². The van der Waals surface area contributed by atoms with Gasteiger partial charge >= 0.3 is 6.09 Å². The molecular weight excluding hydrogens is 206 g/mol. The van der Waals surface area contributed by atoms with E-state index in [2.05, 4.69) is 18.3 Å². The minimum absolute atomic E-state index is 0.0483. The molecule has 0 aromatic heterocycles. The summed E-state index contributed by atoms with van der Waals surface area (Å²) in [5.41, 5.74) is 0. The van der Waals surface area contributed by atoms with Gasteiger partial charge in [0.15, 0.2) is 0 Å². The summed E-state index contributed by atoms with van der Waals surface area (Å²) in [7, 11) is 0. The lowest BCUT2D eigenvalue weighted by atomic mass is 10.1. The molecule has 0 aromatic rings. The van der Waals surface area contributed by atoms with E-state index in [1.807, 2.05) is 0 Å². The summed E-state index contributed by atoms with van der Waals surface area (Å²) in [5, 5.41) is 11.8. The topological polar surface area (TPSA) is 65.4 Å². The highest BCUT2D eigenvalue weighted by Gasteiger charge is 2.27. The molecule has 5 nitrogen and oxygen atoms in total. The Morgan fingerprint density at radius 3 is 3.19 bits per heavy atom. The summed E-state index contributed by atoms with van der Waals surface area (Å²) in [6, 6.07) is 2.05. The highest BCUT2D eigenvalue weighted by atomic mass is 16.6. The Morgan fingerprint density at radius 1 is 1.69 bits per heavy atom. The molecule has 0 spiro atoms. The fraction of sp³-hybridized carbons (Fsp3) is 0.818. The molecule has 1 heterocycles. The Balaban J connectivity index is 2.41. The Kier molecular flexibility index (Phi) is 5.65. The molecular formula is C11H19N3O2. The van der Waals surface area contributed by atoms with Crippen LogP contribution in [0.2, 0.25) is 0 Å². The van der Waals surface area contributed by atoms with Crippen LogP contribution in [-0.2, 0) is 4.74 Å². The molecule has 5 heteroatoms. The zero-order chi connectivity index (χ0) is 11.8. The minimum Gasteiger partial charge on any atom is -0.449 e. The molecule has 1 rings (SSSR count). The number of hydrogen-bond donors (Lipinski definition) is 1. The number of carbonyl (C=O) groups is 1. The van der Waals surface area contributed by atoms with Crippen LogP contribution in [0.3, 0.4) is 0 Å². The molecule has 0 aromatic carbocycles. The van der Waals surface area contributed by atoms with Crippen molar-refractivity contribution in [2.75, 3.05) is 26.2 Å². The molecule has 1 atom stereocenters. The van der Waals surface area contributed by atoms with Gasteiger partial charge in [-0.3, -0.25) is 0 Å². The number of amides is 1. The van der Waals surface area contributed by atoms with Gasteiger partial charge in [0.2, 0.25) is 0 Å². The summed E-state index contributed by atoms with van der Waals surface area (Å²) >= 11 is 0. The Hall–Kier alpha value is -1.28. The number of rotatable bonds is 4. The van der Waals surface area contributed by atoms with Gasteiger partial charge in [-0.15, -0.1) is 0 Å². The number of carbonyl (C=O) groups excluding carboxylic acids is 1. The van der Waals surface area contributed by atoms with Crippen molar-refractivity contribution in [3.8, 4) is 6.07 Å². The van der Waals surface area contributed by atoms with Crippen LogP contribution in [0.1, 0.15) is 26.2 Å². The number of unbranched alkanes of at least 4 members (excludes halogenated alkanes) is 1.